The summed E-state index contributed by atoms with van der Waals surface area (Å²) in [6, 6.07) is 7.61. The van der Waals surface area contributed by atoms with Crippen molar-refractivity contribution in [2.24, 2.45) is 11.8 Å². The Morgan fingerprint density at radius 3 is 2.28 bits per heavy atom. The van der Waals surface area contributed by atoms with Gasteiger partial charge >= 0.3 is 0 Å². The third kappa shape index (κ3) is 21.9. The molecule has 382 valence electrons. The number of aromatic nitrogens is 2. The number of halogens is 1. The highest BCUT2D eigenvalue weighted by molar-refractivity contribution is 8.00. The molecule has 0 aliphatic carbocycles. The first-order valence-electron chi connectivity index (χ1n) is 24.9. The van der Waals surface area contributed by atoms with Crippen LogP contribution in [0.3, 0.4) is 0 Å². The number of Topliss-reactive ketones (excluding diaryl/α,β-unsaturated/α-hetero) is 1. The highest BCUT2D eigenvalue weighted by Crippen LogP contribution is 2.40. The van der Waals surface area contributed by atoms with E-state index in [0.717, 1.165) is 50.5 Å². The summed E-state index contributed by atoms with van der Waals surface area (Å²) in [5, 5.41) is 12.6. The van der Waals surface area contributed by atoms with Gasteiger partial charge in [0.15, 0.2) is 5.82 Å². The van der Waals surface area contributed by atoms with Crippen LogP contribution in [0, 0.1) is 17.7 Å². The average molecular weight is 984 g/mol. The van der Waals surface area contributed by atoms with Crippen molar-refractivity contribution in [2.45, 2.75) is 108 Å². The van der Waals surface area contributed by atoms with Crippen molar-refractivity contribution in [3.05, 3.63) is 54.6 Å². The molecule has 4 N–H and O–H groups in total. The molecule has 19 heteroatoms. The quantitative estimate of drug-likeness (QED) is 0.0493. The van der Waals surface area contributed by atoms with E-state index in [1.54, 1.807) is 11.0 Å². The van der Waals surface area contributed by atoms with Crippen molar-refractivity contribution in [1.29, 1.82) is 0 Å². The molecular formula is C50H74FN7O10S. The summed E-state index contributed by atoms with van der Waals surface area (Å²) in [6.07, 6.45) is 12.3. The summed E-state index contributed by atoms with van der Waals surface area (Å²) in [5.41, 5.74) is 0.980. The molecule has 2 aromatic rings. The zero-order valence-corrected chi connectivity index (χ0v) is 41.0. The van der Waals surface area contributed by atoms with Gasteiger partial charge in [-0.25, -0.2) is 14.4 Å². The van der Waals surface area contributed by atoms with Gasteiger partial charge in [0.05, 0.1) is 44.9 Å². The van der Waals surface area contributed by atoms with Crippen molar-refractivity contribution in [3.63, 3.8) is 0 Å². The number of unbranched alkanes of at least 4 members (excludes halogenated alkanes) is 1. The molecule has 0 spiro atoms. The van der Waals surface area contributed by atoms with Crippen LogP contribution in [0.2, 0.25) is 0 Å². The number of amides is 4. The van der Waals surface area contributed by atoms with Gasteiger partial charge in [-0.3, -0.25) is 24.0 Å². The number of nitrogens with one attached hydrogen (secondary N) is 4. The maximum Gasteiger partial charge on any atom is 0.245 e. The molecule has 3 aliphatic heterocycles. The number of hydrogen-bond acceptors (Lipinski definition) is 14. The van der Waals surface area contributed by atoms with Crippen LogP contribution in [-0.2, 0) is 49.3 Å². The first-order valence-corrected chi connectivity index (χ1v) is 25.9. The lowest BCUT2D eigenvalue weighted by Crippen LogP contribution is -2.39. The van der Waals surface area contributed by atoms with Gasteiger partial charge in [0, 0.05) is 113 Å². The number of ether oxygens (including phenoxy) is 5. The first-order chi connectivity index (χ1) is 33.7. The Bertz CT molecular complexity index is 1920. The molecule has 0 unspecified atom stereocenters. The molecule has 0 saturated carbocycles. The second-order valence-electron chi connectivity index (χ2n) is 17.7. The van der Waals surface area contributed by atoms with E-state index in [4.69, 9.17) is 23.7 Å². The van der Waals surface area contributed by atoms with E-state index >= 15 is 0 Å². The fourth-order valence-corrected chi connectivity index (χ4v) is 10.2. The lowest BCUT2D eigenvalue weighted by Gasteiger charge is -2.32. The molecule has 3 saturated heterocycles. The number of piperidine rings is 1. The largest absolute Gasteiger partial charge is 0.491 e. The summed E-state index contributed by atoms with van der Waals surface area (Å²) in [4.78, 5) is 70.6. The normalized spacial score (nSPS) is 18.6. The van der Waals surface area contributed by atoms with E-state index in [1.165, 1.54) is 6.08 Å². The van der Waals surface area contributed by atoms with Gasteiger partial charge in [-0.2, -0.15) is 11.8 Å². The predicted molar refractivity (Wildman–Crippen MR) is 262 cm³/mol. The number of anilines is 2. The van der Waals surface area contributed by atoms with Crippen LogP contribution in [0.5, 0.6) is 5.75 Å². The molecule has 4 atom stereocenters. The van der Waals surface area contributed by atoms with Crippen molar-refractivity contribution < 1.29 is 52.0 Å². The van der Waals surface area contributed by atoms with Crippen LogP contribution >= 0.6 is 11.8 Å². The van der Waals surface area contributed by atoms with Crippen molar-refractivity contribution in [2.75, 3.05) is 96.7 Å². The Balaban J connectivity index is 0.752. The van der Waals surface area contributed by atoms with Gasteiger partial charge in [-0.05, 0) is 81.9 Å². The minimum absolute atomic E-state index is 0.0765. The molecule has 0 bridgehead atoms. The number of nitrogens with zero attached hydrogens (tertiary/aromatic N) is 3. The maximum absolute atomic E-state index is 14.7. The molecule has 4 amide bonds. The summed E-state index contributed by atoms with van der Waals surface area (Å²) in [6.45, 7) is 9.86. The van der Waals surface area contributed by atoms with Gasteiger partial charge in [-0.15, -0.1) is 0 Å². The number of likely N-dealkylation sites (tertiary alicyclic amines) is 1. The molecule has 1 aromatic heterocycles. The van der Waals surface area contributed by atoms with Crippen LogP contribution in [0.1, 0.15) is 95.6 Å². The number of rotatable bonds is 36. The minimum atomic E-state index is -0.478. The molecule has 0 radical (unpaired) electrons. The van der Waals surface area contributed by atoms with Gasteiger partial charge in [0.2, 0.25) is 29.6 Å². The van der Waals surface area contributed by atoms with Gasteiger partial charge in [-0.1, -0.05) is 19.1 Å². The van der Waals surface area contributed by atoms with Gasteiger partial charge < -0.3 is 49.9 Å². The van der Waals surface area contributed by atoms with E-state index in [9.17, 15) is 28.4 Å². The Morgan fingerprint density at radius 1 is 0.855 bits per heavy atom. The van der Waals surface area contributed by atoms with Crippen LogP contribution < -0.4 is 26.0 Å². The lowest BCUT2D eigenvalue weighted by molar-refractivity contribution is -0.128. The second kappa shape index (κ2) is 32.2. The number of carbonyl (C=O) groups excluding carboxylic acids is 5. The fraction of sp³-hybridized carbons (Fsp3) is 0.660. The molecule has 4 heterocycles. The monoisotopic (exact) mass is 984 g/mol. The van der Waals surface area contributed by atoms with E-state index in [-0.39, 0.29) is 41.3 Å². The van der Waals surface area contributed by atoms with Crippen molar-refractivity contribution >= 4 is 52.8 Å². The molecule has 3 aliphatic rings. The van der Waals surface area contributed by atoms with Crippen LogP contribution in [0.15, 0.2) is 43.1 Å². The van der Waals surface area contributed by atoms with Crippen molar-refractivity contribution in [3.8, 4) is 5.75 Å². The molecule has 3 fully saturated rings. The van der Waals surface area contributed by atoms with Crippen LogP contribution in [-0.4, -0.2) is 147 Å². The zero-order chi connectivity index (χ0) is 48.9. The molecule has 5 rings (SSSR count). The van der Waals surface area contributed by atoms with Gasteiger partial charge in [0.25, 0.3) is 0 Å². The summed E-state index contributed by atoms with van der Waals surface area (Å²) in [7, 11) is 0. The Morgan fingerprint density at radius 2 is 1.54 bits per heavy atom. The number of fused-ring (bicyclic) bond motifs is 1. The van der Waals surface area contributed by atoms with Crippen LogP contribution in [0.25, 0.3) is 0 Å². The molecular weight excluding hydrogens is 910 g/mol. The smallest absolute Gasteiger partial charge is 0.245 e. The highest BCUT2D eigenvalue weighted by Gasteiger charge is 2.42. The fourth-order valence-electron chi connectivity index (χ4n) is 8.58. The lowest BCUT2D eigenvalue weighted by atomic mass is 9.93. The van der Waals surface area contributed by atoms with Gasteiger partial charge in [0.1, 0.15) is 18.1 Å². The summed E-state index contributed by atoms with van der Waals surface area (Å²) in [5.74, 6) is 2.13. The second-order valence-corrected chi connectivity index (χ2v) is 19.0. The maximum atomic E-state index is 14.7. The third-order valence-electron chi connectivity index (χ3n) is 12.2. The third-order valence-corrected chi connectivity index (χ3v) is 13.8. The standard InChI is InChI=1S/C50H74FN7O10S/c1-2-49(63)58-21-7-11-37(35-58)31-43-42(51)34-54-50(57-43)55-38-12-5-15-40(32-38)68-30-29-64-22-8-14-39(59)13-6-18-47(61)53-20-10-24-66-26-28-67-27-25-65-23-9-19-52-46(60)17-4-3-16-45-41-33-48(62)56-44(41)36-69-45/h2,5,12,15,32,34,37,41,44-45H,1,3-4,6-11,13-14,16-31,33,35-36H2,(H,52,60)(H,53,61)(H,56,62)(H,54,55,57)/t37-,41+,44+,45+/m1/s1. The highest BCUT2D eigenvalue weighted by atomic mass is 32.2. The van der Waals surface area contributed by atoms with Crippen LogP contribution in [0.4, 0.5) is 16.0 Å². The molecule has 17 nitrogen and oxygen atoms in total. The van der Waals surface area contributed by atoms with E-state index in [2.05, 4.69) is 37.8 Å². The van der Waals surface area contributed by atoms with E-state index < -0.39 is 5.82 Å². The number of thioether (sulfide) groups is 1. The molecule has 1 aromatic carbocycles. The summed E-state index contributed by atoms with van der Waals surface area (Å²) < 4.78 is 42.9. The zero-order valence-electron chi connectivity index (χ0n) is 40.2. The van der Waals surface area contributed by atoms with Crippen molar-refractivity contribution in [1.82, 2.24) is 30.8 Å². The first kappa shape index (κ1) is 55.2. The average Bonchev–Trinajstić information content (AvgIpc) is 3.91. The Labute approximate surface area is 410 Å². The Hall–Kier alpha value is -4.69. The Kier molecular flexibility index (Phi) is 25.8. The summed E-state index contributed by atoms with van der Waals surface area (Å²) >= 11 is 1.96. The topological polar surface area (TPSA) is 209 Å². The predicted octanol–water partition coefficient (Wildman–Crippen LogP) is 5.48. The van der Waals surface area contributed by atoms with E-state index in [0.29, 0.717) is 178 Å². The number of hydrogen-bond donors (Lipinski definition) is 4. The minimum Gasteiger partial charge on any atom is -0.491 e. The van der Waals surface area contributed by atoms with E-state index in [1.807, 2.05) is 30.0 Å². The number of carbonyl (C=O) groups is 5. The SMILES string of the molecule is C=CC(=O)N1CCC[C@H](Cc2nc(Nc3cccc(OCCOCCCC(=O)CCCC(=O)NCCCOCCOCCOCCCNC(=O)CCCC[C@@H]4SC[C@@H]5NC(=O)C[C@@H]54)c3)ncc2F)C1. The number of benzene rings is 1. The molecule has 69 heavy (non-hydrogen) atoms. The number of ketones is 1.